The van der Waals surface area contributed by atoms with Crippen LogP contribution in [-0.2, 0) is 4.79 Å². The lowest BCUT2D eigenvalue weighted by Crippen LogP contribution is -2.38. The quantitative estimate of drug-likeness (QED) is 0.669. The third-order valence-corrected chi connectivity index (χ3v) is 5.15. The van der Waals surface area contributed by atoms with Gasteiger partial charge in [0.1, 0.15) is 0 Å². The molecule has 4 nitrogen and oxygen atoms in total. The molecule has 2 rings (SSSR count). The van der Waals surface area contributed by atoms with Crippen LogP contribution in [0.25, 0.3) is 0 Å². The zero-order chi connectivity index (χ0) is 18.1. The molecule has 5 heteroatoms. The van der Waals surface area contributed by atoms with Gasteiger partial charge in [0.15, 0.2) is 5.11 Å². The van der Waals surface area contributed by atoms with Crippen molar-refractivity contribution in [2.75, 3.05) is 23.7 Å². The van der Waals surface area contributed by atoms with E-state index in [2.05, 4.69) is 29.4 Å². The topological polar surface area (TPSA) is 44.4 Å². The molecule has 1 amide bonds. The molecular weight excluding hydrogens is 330 g/mol. The number of anilines is 2. The van der Waals surface area contributed by atoms with Crippen LogP contribution in [0.1, 0.15) is 58.8 Å². The molecule has 2 N–H and O–H groups in total. The Balaban J connectivity index is 1.93. The summed E-state index contributed by atoms with van der Waals surface area (Å²) >= 11 is 5.52. The number of hydrogen-bond acceptors (Lipinski definition) is 2. The summed E-state index contributed by atoms with van der Waals surface area (Å²) < 4.78 is 0. The van der Waals surface area contributed by atoms with Gasteiger partial charge in [0.25, 0.3) is 0 Å². The summed E-state index contributed by atoms with van der Waals surface area (Å²) in [6.07, 6.45) is 7.74. The van der Waals surface area contributed by atoms with Gasteiger partial charge in [0.05, 0.1) is 0 Å². The molecule has 0 saturated carbocycles. The first-order valence-corrected chi connectivity index (χ1v) is 10.0. The van der Waals surface area contributed by atoms with Gasteiger partial charge in [-0.15, -0.1) is 0 Å². The van der Waals surface area contributed by atoms with E-state index in [-0.39, 0.29) is 11.8 Å². The third-order valence-electron chi connectivity index (χ3n) is 4.79. The molecule has 1 aromatic carbocycles. The average Bonchev–Trinajstić information content (AvgIpc) is 2.63. The predicted octanol–water partition coefficient (Wildman–Crippen LogP) is 5.02. The Morgan fingerprint density at radius 3 is 2.48 bits per heavy atom. The molecule has 1 saturated heterocycles. The Labute approximate surface area is 157 Å². The molecule has 25 heavy (non-hydrogen) atoms. The maximum absolute atomic E-state index is 12.5. The summed E-state index contributed by atoms with van der Waals surface area (Å²) in [6.45, 7) is 6.29. The van der Waals surface area contributed by atoms with Crippen LogP contribution in [0.15, 0.2) is 24.3 Å². The van der Waals surface area contributed by atoms with E-state index in [1.807, 2.05) is 24.3 Å². The Kier molecular flexibility index (Phi) is 8.19. The molecule has 138 valence electrons. The van der Waals surface area contributed by atoms with Crippen LogP contribution in [0.2, 0.25) is 0 Å². The minimum absolute atomic E-state index is 0.0889. The van der Waals surface area contributed by atoms with Crippen LogP contribution >= 0.6 is 12.2 Å². The molecule has 1 atom stereocenters. The van der Waals surface area contributed by atoms with E-state index in [9.17, 15) is 4.79 Å². The van der Waals surface area contributed by atoms with Gasteiger partial charge in [-0.1, -0.05) is 32.8 Å². The van der Waals surface area contributed by atoms with Crippen molar-refractivity contribution in [1.82, 2.24) is 4.90 Å². The van der Waals surface area contributed by atoms with E-state index in [1.165, 1.54) is 19.3 Å². The van der Waals surface area contributed by atoms with Gasteiger partial charge in [0.2, 0.25) is 5.91 Å². The van der Waals surface area contributed by atoms with Crippen LogP contribution in [0.3, 0.4) is 0 Å². The molecule has 1 aromatic rings. The van der Waals surface area contributed by atoms with Crippen LogP contribution in [0.4, 0.5) is 11.4 Å². The first-order valence-electron chi connectivity index (χ1n) is 9.61. The second-order valence-electron chi connectivity index (χ2n) is 6.80. The molecule has 1 aliphatic heterocycles. The number of likely N-dealkylation sites (tertiary alicyclic amines) is 1. The number of amides is 1. The number of thiocarbonyl (C=S) groups is 1. The summed E-state index contributed by atoms with van der Waals surface area (Å²) in [5.41, 5.74) is 1.75. The number of rotatable bonds is 7. The average molecular weight is 362 g/mol. The van der Waals surface area contributed by atoms with Crippen molar-refractivity contribution in [1.29, 1.82) is 0 Å². The van der Waals surface area contributed by atoms with Gasteiger partial charge in [-0.05, 0) is 62.5 Å². The molecule has 1 unspecified atom stereocenters. The highest BCUT2D eigenvalue weighted by Gasteiger charge is 2.16. The number of hydrogen-bond donors (Lipinski definition) is 2. The van der Waals surface area contributed by atoms with E-state index >= 15 is 0 Å². The van der Waals surface area contributed by atoms with Gasteiger partial charge >= 0.3 is 0 Å². The van der Waals surface area contributed by atoms with Crippen LogP contribution < -0.4 is 10.6 Å². The fourth-order valence-electron chi connectivity index (χ4n) is 3.19. The third kappa shape index (κ3) is 6.31. The fraction of sp³-hybridized carbons (Fsp3) is 0.600. The van der Waals surface area contributed by atoms with Crippen LogP contribution in [-0.4, -0.2) is 29.0 Å². The summed E-state index contributed by atoms with van der Waals surface area (Å²) in [5.74, 6) is 0.206. The molecule has 1 fully saturated rings. The summed E-state index contributed by atoms with van der Waals surface area (Å²) in [6, 6.07) is 7.82. The van der Waals surface area contributed by atoms with E-state index in [1.54, 1.807) is 0 Å². The number of unbranched alkanes of at least 4 members (excludes halogenated alkanes) is 1. The number of nitrogens with one attached hydrogen (secondary N) is 2. The number of carbonyl (C=O) groups excluding carboxylic acids is 1. The van der Waals surface area contributed by atoms with E-state index in [4.69, 9.17) is 12.2 Å². The van der Waals surface area contributed by atoms with Gasteiger partial charge in [0, 0.05) is 30.4 Å². The number of carbonyl (C=O) groups is 1. The maximum Gasteiger partial charge on any atom is 0.227 e. The molecule has 0 bridgehead atoms. The van der Waals surface area contributed by atoms with E-state index < -0.39 is 0 Å². The molecule has 0 aliphatic carbocycles. The summed E-state index contributed by atoms with van der Waals surface area (Å²) in [4.78, 5) is 14.7. The summed E-state index contributed by atoms with van der Waals surface area (Å²) in [7, 11) is 0. The molecule has 0 spiro atoms. The van der Waals surface area contributed by atoms with Gasteiger partial charge in [-0.2, -0.15) is 0 Å². The zero-order valence-corrected chi connectivity index (χ0v) is 16.3. The second-order valence-corrected chi connectivity index (χ2v) is 7.18. The first kappa shape index (κ1) is 19.7. The minimum atomic E-state index is 0.0889. The van der Waals surface area contributed by atoms with Crippen LogP contribution in [0.5, 0.6) is 0 Å². The largest absolute Gasteiger partial charge is 0.349 e. The van der Waals surface area contributed by atoms with Crippen molar-refractivity contribution < 1.29 is 4.79 Å². The number of piperidine rings is 1. The minimum Gasteiger partial charge on any atom is -0.349 e. The lowest BCUT2D eigenvalue weighted by molar-refractivity contribution is -0.120. The van der Waals surface area contributed by atoms with Gasteiger partial charge in [-0.3, -0.25) is 4.79 Å². The highest BCUT2D eigenvalue weighted by atomic mass is 32.1. The fourth-order valence-corrected chi connectivity index (χ4v) is 3.49. The maximum atomic E-state index is 12.5. The normalized spacial score (nSPS) is 15.5. The highest BCUT2D eigenvalue weighted by molar-refractivity contribution is 7.80. The van der Waals surface area contributed by atoms with Crippen molar-refractivity contribution in [3.63, 3.8) is 0 Å². The monoisotopic (exact) mass is 361 g/mol. The Bertz CT molecular complexity index is 570. The van der Waals surface area contributed by atoms with Crippen molar-refractivity contribution in [2.45, 2.75) is 58.8 Å². The Hall–Kier alpha value is -1.62. The standard InChI is InChI=1S/C20H31N3OS/c1-3-5-10-16(4-2)19(24)21-17-11-9-12-18(15-17)22-20(25)23-13-7-6-8-14-23/h9,11-12,15-16H,3-8,10,13-14H2,1-2H3,(H,21,24)(H,22,25). The van der Waals surface area contributed by atoms with Crippen molar-refractivity contribution in [3.05, 3.63) is 24.3 Å². The molecule has 1 aliphatic rings. The highest BCUT2D eigenvalue weighted by Crippen LogP contribution is 2.20. The molecular formula is C20H31N3OS. The summed E-state index contributed by atoms with van der Waals surface area (Å²) in [5, 5.41) is 7.14. The number of nitrogens with zero attached hydrogens (tertiary/aromatic N) is 1. The second kappa shape index (κ2) is 10.4. The van der Waals surface area contributed by atoms with E-state index in [0.29, 0.717) is 0 Å². The predicted molar refractivity (Wildman–Crippen MR) is 110 cm³/mol. The lowest BCUT2D eigenvalue weighted by Gasteiger charge is -2.29. The lowest BCUT2D eigenvalue weighted by atomic mass is 9.98. The Morgan fingerprint density at radius 1 is 1.16 bits per heavy atom. The molecule has 1 heterocycles. The van der Waals surface area contributed by atoms with Crippen LogP contribution in [0, 0.1) is 5.92 Å². The van der Waals surface area contributed by atoms with Gasteiger partial charge in [-0.25, -0.2) is 0 Å². The van der Waals surface area contributed by atoms with E-state index in [0.717, 1.165) is 55.3 Å². The van der Waals surface area contributed by atoms with Crippen molar-refractivity contribution in [3.8, 4) is 0 Å². The molecule has 0 aromatic heterocycles. The Morgan fingerprint density at radius 2 is 1.84 bits per heavy atom. The number of benzene rings is 1. The smallest absolute Gasteiger partial charge is 0.227 e. The first-order chi connectivity index (χ1) is 12.1. The SMILES string of the molecule is CCCCC(CC)C(=O)Nc1cccc(NC(=S)N2CCCCC2)c1. The van der Waals surface area contributed by atoms with Crippen molar-refractivity contribution >= 4 is 34.6 Å². The zero-order valence-electron chi connectivity index (χ0n) is 15.5. The molecule has 0 radical (unpaired) electrons. The van der Waals surface area contributed by atoms with Crippen molar-refractivity contribution in [2.24, 2.45) is 5.92 Å². The van der Waals surface area contributed by atoms with Gasteiger partial charge < -0.3 is 15.5 Å².